The Morgan fingerprint density at radius 2 is 1.86 bits per heavy atom. The van der Waals surface area contributed by atoms with Gasteiger partial charge in [-0.25, -0.2) is 4.98 Å². The zero-order chi connectivity index (χ0) is 20.1. The van der Waals surface area contributed by atoms with Gasteiger partial charge >= 0.3 is 0 Å². The summed E-state index contributed by atoms with van der Waals surface area (Å²) in [6.07, 6.45) is 3.61. The Morgan fingerprint density at radius 1 is 1.14 bits per heavy atom. The Bertz CT molecular complexity index is 785. The molecule has 0 bridgehead atoms. The number of fused-ring (bicyclic) bond motifs is 2. The van der Waals surface area contributed by atoms with Crippen LogP contribution in [-0.4, -0.2) is 77.7 Å². The minimum absolute atomic E-state index is 0.00140. The van der Waals surface area contributed by atoms with Crippen molar-refractivity contribution in [2.75, 3.05) is 40.3 Å². The quantitative estimate of drug-likeness (QED) is 0.752. The molecule has 0 unspecified atom stereocenters. The highest BCUT2D eigenvalue weighted by atomic mass is 32.1. The molecule has 0 N–H and O–H groups in total. The Labute approximate surface area is 169 Å². The van der Waals surface area contributed by atoms with Crippen LogP contribution in [0.3, 0.4) is 0 Å². The summed E-state index contributed by atoms with van der Waals surface area (Å²) in [4.78, 5) is 47.5. The van der Waals surface area contributed by atoms with Gasteiger partial charge < -0.3 is 14.7 Å². The summed E-state index contributed by atoms with van der Waals surface area (Å²) in [7, 11) is 3.62. The van der Waals surface area contributed by atoms with E-state index in [9.17, 15) is 14.4 Å². The molecular weight excluding hydrogens is 376 g/mol. The predicted octanol–water partition coefficient (Wildman–Crippen LogP) is 1.71. The maximum atomic E-state index is 13.2. The largest absolute Gasteiger partial charge is 0.348 e. The monoisotopic (exact) mass is 404 g/mol. The molecule has 1 saturated carbocycles. The molecule has 1 aliphatic carbocycles. The number of thiazole rings is 1. The van der Waals surface area contributed by atoms with E-state index in [4.69, 9.17) is 0 Å². The SMILES string of the molecule is CC(=O)N1C[C@@H]2C3(CCN(C(=O)c4cscn4)CC3)CC[C@]2(C(=O)N(C)C)C1. The van der Waals surface area contributed by atoms with Crippen molar-refractivity contribution in [3.8, 4) is 0 Å². The van der Waals surface area contributed by atoms with Crippen LogP contribution in [0, 0.1) is 16.7 Å². The van der Waals surface area contributed by atoms with Gasteiger partial charge in [0.2, 0.25) is 11.8 Å². The molecule has 3 aliphatic rings. The zero-order valence-corrected chi connectivity index (χ0v) is 17.6. The average molecular weight is 405 g/mol. The van der Waals surface area contributed by atoms with Crippen LogP contribution < -0.4 is 0 Å². The van der Waals surface area contributed by atoms with Gasteiger partial charge in [0.15, 0.2) is 0 Å². The van der Waals surface area contributed by atoms with Crippen LogP contribution in [0.4, 0.5) is 0 Å². The molecule has 2 aliphatic heterocycles. The molecule has 0 radical (unpaired) electrons. The van der Waals surface area contributed by atoms with Crippen LogP contribution in [0.15, 0.2) is 10.9 Å². The number of amides is 3. The molecule has 4 rings (SSSR count). The first-order chi connectivity index (χ1) is 13.3. The van der Waals surface area contributed by atoms with Crippen LogP contribution in [0.2, 0.25) is 0 Å². The number of hydrogen-bond donors (Lipinski definition) is 0. The summed E-state index contributed by atoms with van der Waals surface area (Å²) in [5, 5.41) is 1.80. The molecule has 1 aromatic rings. The lowest BCUT2D eigenvalue weighted by Crippen LogP contribution is -2.49. The number of carbonyl (C=O) groups excluding carboxylic acids is 3. The highest BCUT2D eigenvalue weighted by Gasteiger charge is 2.65. The van der Waals surface area contributed by atoms with Crippen LogP contribution >= 0.6 is 11.3 Å². The maximum Gasteiger partial charge on any atom is 0.273 e. The van der Waals surface area contributed by atoms with Gasteiger partial charge in [-0.3, -0.25) is 14.4 Å². The van der Waals surface area contributed by atoms with Crippen molar-refractivity contribution in [2.45, 2.75) is 32.6 Å². The Balaban J connectivity index is 1.55. The lowest BCUT2D eigenvalue weighted by Gasteiger charge is -2.44. The van der Waals surface area contributed by atoms with E-state index in [1.165, 1.54) is 11.3 Å². The van der Waals surface area contributed by atoms with Gasteiger partial charge in [0, 0.05) is 52.6 Å². The molecular formula is C20H28N4O3S. The van der Waals surface area contributed by atoms with Gasteiger partial charge in [0.1, 0.15) is 5.69 Å². The summed E-state index contributed by atoms with van der Waals surface area (Å²) in [6.45, 7) is 4.18. The van der Waals surface area contributed by atoms with Crippen molar-refractivity contribution in [1.82, 2.24) is 19.7 Å². The lowest BCUT2D eigenvalue weighted by molar-refractivity contribution is -0.141. The second-order valence-corrected chi connectivity index (χ2v) is 9.55. The Hall–Kier alpha value is -1.96. The van der Waals surface area contributed by atoms with Gasteiger partial charge in [-0.05, 0) is 37.0 Å². The molecule has 2 atom stereocenters. The standard InChI is InChI=1S/C20H28N4O3S/c1-14(25)24-10-16-19(4-5-20(16,12-24)18(27)22(2)3)6-8-23(9-7-19)17(26)15-11-28-13-21-15/h11,13,16H,4-10,12H2,1-3H3/t16-,20+/m1/s1. The molecule has 0 aromatic carbocycles. The lowest BCUT2D eigenvalue weighted by atomic mass is 9.65. The first-order valence-electron chi connectivity index (χ1n) is 9.94. The fraction of sp³-hybridized carbons (Fsp3) is 0.700. The summed E-state index contributed by atoms with van der Waals surface area (Å²) in [5.41, 5.74) is 1.78. The zero-order valence-electron chi connectivity index (χ0n) is 16.8. The van der Waals surface area contributed by atoms with E-state index >= 15 is 0 Å². The minimum atomic E-state index is -0.462. The highest BCUT2D eigenvalue weighted by Crippen LogP contribution is 2.62. The summed E-state index contributed by atoms with van der Waals surface area (Å²) < 4.78 is 0. The maximum absolute atomic E-state index is 13.2. The molecule has 28 heavy (non-hydrogen) atoms. The number of nitrogens with zero attached hydrogens (tertiary/aromatic N) is 4. The van der Waals surface area contributed by atoms with E-state index in [1.54, 1.807) is 22.7 Å². The molecule has 1 spiro atoms. The van der Waals surface area contributed by atoms with Crippen LogP contribution in [0.5, 0.6) is 0 Å². The fourth-order valence-corrected chi connectivity index (χ4v) is 6.36. The van der Waals surface area contributed by atoms with Crippen molar-refractivity contribution in [2.24, 2.45) is 16.7 Å². The summed E-state index contributed by atoms with van der Waals surface area (Å²) in [6, 6.07) is 0. The highest BCUT2D eigenvalue weighted by molar-refractivity contribution is 7.07. The third-order valence-electron chi connectivity index (χ3n) is 7.33. The van der Waals surface area contributed by atoms with Gasteiger partial charge in [0.05, 0.1) is 10.9 Å². The van der Waals surface area contributed by atoms with Crippen LogP contribution in [0.1, 0.15) is 43.1 Å². The first kappa shape index (κ1) is 19.4. The van der Waals surface area contributed by atoms with Crippen molar-refractivity contribution in [3.05, 3.63) is 16.6 Å². The van der Waals surface area contributed by atoms with E-state index in [2.05, 4.69) is 4.98 Å². The minimum Gasteiger partial charge on any atom is -0.348 e. The number of likely N-dealkylation sites (tertiary alicyclic amines) is 2. The molecule has 3 amide bonds. The second-order valence-electron chi connectivity index (χ2n) is 8.84. The number of hydrogen-bond acceptors (Lipinski definition) is 5. The molecule has 2 saturated heterocycles. The van der Waals surface area contributed by atoms with E-state index in [0.717, 1.165) is 25.7 Å². The van der Waals surface area contributed by atoms with Gasteiger partial charge in [-0.1, -0.05) is 0 Å². The van der Waals surface area contributed by atoms with Crippen molar-refractivity contribution in [3.63, 3.8) is 0 Å². The van der Waals surface area contributed by atoms with Crippen LogP contribution in [-0.2, 0) is 9.59 Å². The molecule has 7 nitrogen and oxygen atoms in total. The van der Waals surface area contributed by atoms with Crippen molar-refractivity contribution < 1.29 is 14.4 Å². The molecule has 3 fully saturated rings. The van der Waals surface area contributed by atoms with E-state index in [-0.39, 0.29) is 29.1 Å². The summed E-state index contributed by atoms with van der Waals surface area (Å²) >= 11 is 1.43. The third-order valence-corrected chi connectivity index (χ3v) is 7.91. The number of carbonyl (C=O) groups is 3. The number of piperidine rings is 1. The van der Waals surface area contributed by atoms with Crippen molar-refractivity contribution >= 4 is 29.1 Å². The Morgan fingerprint density at radius 3 is 2.43 bits per heavy atom. The average Bonchev–Trinajstić information content (AvgIpc) is 3.38. The second kappa shape index (κ2) is 6.83. The van der Waals surface area contributed by atoms with Gasteiger partial charge in [0.25, 0.3) is 5.91 Å². The third kappa shape index (κ3) is 2.84. The van der Waals surface area contributed by atoms with Gasteiger partial charge in [-0.2, -0.15) is 0 Å². The number of rotatable bonds is 2. The summed E-state index contributed by atoms with van der Waals surface area (Å²) in [5.74, 6) is 0.377. The first-order valence-corrected chi connectivity index (χ1v) is 10.9. The Kier molecular flexibility index (Phi) is 4.72. The van der Waals surface area contributed by atoms with E-state index in [1.807, 2.05) is 23.9 Å². The van der Waals surface area contributed by atoms with Crippen molar-refractivity contribution in [1.29, 1.82) is 0 Å². The molecule has 8 heteroatoms. The van der Waals surface area contributed by atoms with E-state index in [0.29, 0.717) is 31.9 Å². The normalized spacial score (nSPS) is 28.5. The van der Waals surface area contributed by atoms with Crippen LogP contribution in [0.25, 0.3) is 0 Å². The molecule has 1 aromatic heterocycles. The predicted molar refractivity (Wildman–Crippen MR) is 106 cm³/mol. The number of aromatic nitrogens is 1. The fourth-order valence-electron chi connectivity index (χ4n) is 5.83. The van der Waals surface area contributed by atoms with E-state index < -0.39 is 5.41 Å². The molecule has 152 valence electrons. The van der Waals surface area contributed by atoms with Gasteiger partial charge in [-0.15, -0.1) is 11.3 Å². The molecule has 3 heterocycles. The smallest absolute Gasteiger partial charge is 0.273 e. The topological polar surface area (TPSA) is 73.8 Å².